The van der Waals surface area contributed by atoms with Crippen molar-refractivity contribution in [3.8, 4) is 0 Å². The Balaban J connectivity index is 2.56. The minimum atomic E-state index is -0.766. The minimum absolute atomic E-state index is 0.0817. The summed E-state index contributed by atoms with van der Waals surface area (Å²) in [5.41, 5.74) is 0.450. The Bertz CT molecular complexity index is 714. The van der Waals surface area contributed by atoms with Gasteiger partial charge in [-0.25, -0.2) is 14.3 Å². The van der Waals surface area contributed by atoms with E-state index in [0.717, 1.165) is 5.56 Å². The summed E-state index contributed by atoms with van der Waals surface area (Å²) in [7, 11) is 2.40. The van der Waals surface area contributed by atoms with Crippen LogP contribution in [0.5, 0.6) is 0 Å². The molecule has 0 unspecified atom stereocenters. The number of nitrogens with zero attached hydrogens (tertiary/aromatic N) is 3. The molecule has 0 aliphatic rings. The molecule has 0 fully saturated rings. The van der Waals surface area contributed by atoms with Crippen LogP contribution in [0.25, 0.3) is 0 Å². The highest BCUT2D eigenvalue weighted by atomic mass is 35.5. The smallest absolute Gasteiger partial charge is 0.361 e. The summed E-state index contributed by atoms with van der Waals surface area (Å²) in [4.78, 5) is 23.7. The van der Waals surface area contributed by atoms with Gasteiger partial charge in [0.2, 0.25) is 5.69 Å². The van der Waals surface area contributed by atoms with E-state index in [9.17, 15) is 9.59 Å². The lowest BCUT2D eigenvalue weighted by Gasteiger charge is -2.15. The van der Waals surface area contributed by atoms with E-state index in [1.54, 1.807) is 25.1 Å². The fraction of sp³-hybridized carbons (Fsp3) is 0.286. The second-order valence-electron chi connectivity index (χ2n) is 4.41. The van der Waals surface area contributed by atoms with Crippen LogP contribution < -0.4 is 0 Å². The molecule has 0 aliphatic carbocycles. The molecule has 22 heavy (non-hydrogen) atoms. The number of carbonyl (C=O) groups excluding carboxylic acids is 2. The van der Waals surface area contributed by atoms with Crippen LogP contribution in [0.1, 0.15) is 39.5 Å². The molecule has 0 N–H and O–H groups in total. The van der Waals surface area contributed by atoms with Crippen LogP contribution in [0.3, 0.4) is 0 Å². The molecule has 0 bridgehead atoms. The van der Waals surface area contributed by atoms with E-state index >= 15 is 0 Å². The van der Waals surface area contributed by atoms with Gasteiger partial charge in [-0.2, -0.15) is 0 Å². The molecule has 1 aromatic carbocycles. The number of hydrogen-bond donors (Lipinski definition) is 0. The van der Waals surface area contributed by atoms with Gasteiger partial charge in [-0.15, -0.1) is 5.10 Å². The maximum atomic E-state index is 12.0. The van der Waals surface area contributed by atoms with Gasteiger partial charge in [-0.05, 0) is 18.6 Å². The first-order valence-electron chi connectivity index (χ1n) is 6.37. The van der Waals surface area contributed by atoms with Crippen molar-refractivity contribution in [2.75, 3.05) is 14.2 Å². The first kappa shape index (κ1) is 16.0. The lowest BCUT2D eigenvalue weighted by Crippen LogP contribution is -2.19. The number of benzene rings is 1. The fourth-order valence-corrected chi connectivity index (χ4v) is 2.32. The summed E-state index contributed by atoms with van der Waals surface area (Å²) >= 11 is 6.16. The van der Waals surface area contributed by atoms with Crippen molar-refractivity contribution in [3.05, 3.63) is 46.2 Å². The van der Waals surface area contributed by atoms with Gasteiger partial charge in [0.15, 0.2) is 5.69 Å². The number of aromatic nitrogens is 3. The van der Waals surface area contributed by atoms with Gasteiger partial charge in [-0.1, -0.05) is 35.0 Å². The van der Waals surface area contributed by atoms with E-state index in [1.165, 1.54) is 18.9 Å². The topological polar surface area (TPSA) is 83.3 Å². The normalized spacial score (nSPS) is 11.8. The highest BCUT2D eigenvalue weighted by molar-refractivity contribution is 6.31. The Morgan fingerprint density at radius 3 is 2.41 bits per heavy atom. The molecular weight excluding hydrogens is 310 g/mol. The molecule has 0 spiro atoms. The molecule has 1 heterocycles. The summed E-state index contributed by atoms with van der Waals surface area (Å²) in [5, 5.41) is 8.12. The maximum Gasteiger partial charge on any atom is 0.361 e. The maximum absolute atomic E-state index is 12.0. The molecule has 0 amide bonds. The van der Waals surface area contributed by atoms with Crippen LogP contribution in [-0.2, 0) is 9.47 Å². The average molecular weight is 324 g/mol. The molecule has 1 atom stereocenters. The Labute approximate surface area is 131 Å². The summed E-state index contributed by atoms with van der Waals surface area (Å²) in [5.74, 6) is -1.50. The van der Waals surface area contributed by atoms with E-state index < -0.39 is 18.0 Å². The van der Waals surface area contributed by atoms with Gasteiger partial charge in [0, 0.05) is 5.02 Å². The van der Waals surface area contributed by atoms with Crippen LogP contribution in [0.2, 0.25) is 5.02 Å². The van der Waals surface area contributed by atoms with Crippen LogP contribution >= 0.6 is 11.6 Å². The van der Waals surface area contributed by atoms with Gasteiger partial charge in [0.25, 0.3) is 0 Å². The number of halogens is 1. The minimum Gasteiger partial charge on any atom is -0.464 e. The third-order valence-corrected chi connectivity index (χ3v) is 3.52. The summed E-state index contributed by atoms with van der Waals surface area (Å²) in [6.45, 7) is 1.78. The van der Waals surface area contributed by atoms with Crippen molar-refractivity contribution in [2.24, 2.45) is 0 Å². The Kier molecular flexibility index (Phi) is 4.77. The zero-order chi connectivity index (χ0) is 16.3. The molecule has 8 heteroatoms. The van der Waals surface area contributed by atoms with Gasteiger partial charge in [0.05, 0.1) is 20.3 Å². The van der Waals surface area contributed by atoms with Crippen LogP contribution in [-0.4, -0.2) is 41.2 Å². The van der Waals surface area contributed by atoms with E-state index in [4.69, 9.17) is 16.3 Å². The summed E-state index contributed by atoms with van der Waals surface area (Å²) in [6, 6.07) is 6.71. The third-order valence-electron chi connectivity index (χ3n) is 3.17. The molecule has 0 saturated heterocycles. The van der Waals surface area contributed by atoms with Crippen LogP contribution in [0, 0.1) is 0 Å². The van der Waals surface area contributed by atoms with Crippen molar-refractivity contribution in [2.45, 2.75) is 13.0 Å². The zero-order valence-electron chi connectivity index (χ0n) is 12.2. The van der Waals surface area contributed by atoms with Crippen molar-refractivity contribution in [1.82, 2.24) is 15.0 Å². The van der Waals surface area contributed by atoms with Crippen molar-refractivity contribution in [1.29, 1.82) is 0 Å². The number of ether oxygens (including phenoxy) is 2. The third kappa shape index (κ3) is 2.80. The molecule has 0 radical (unpaired) electrons. The monoisotopic (exact) mass is 323 g/mol. The molecule has 0 aliphatic heterocycles. The predicted octanol–water partition coefficient (Wildman–Crippen LogP) is 2.11. The molecule has 2 rings (SSSR count). The van der Waals surface area contributed by atoms with Crippen molar-refractivity contribution in [3.63, 3.8) is 0 Å². The van der Waals surface area contributed by atoms with Crippen molar-refractivity contribution < 1.29 is 19.1 Å². The number of esters is 2. The standard InChI is InChI=1S/C14H14ClN3O4/c1-8(9-6-4-5-7-10(9)15)18-12(14(20)22-3)11(16-17-18)13(19)21-2/h4-8H,1-3H3/t8-/m1/s1. The van der Waals surface area contributed by atoms with Crippen LogP contribution in [0.4, 0.5) is 0 Å². The van der Waals surface area contributed by atoms with Gasteiger partial charge in [0.1, 0.15) is 0 Å². The van der Waals surface area contributed by atoms with E-state index in [-0.39, 0.29) is 11.4 Å². The first-order chi connectivity index (χ1) is 10.5. The molecule has 116 valence electrons. The lowest BCUT2D eigenvalue weighted by molar-refractivity contribution is 0.0542. The Morgan fingerprint density at radius 2 is 1.82 bits per heavy atom. The van der Waals surface area contributed by atoms with E-state index in [0.29, 0.717) is 5.02 Å². The fourth-order valence-electron chi connectivity index (χ4n) is 2.03. The second kappa shape index (κ2) is 6.57. The Morgan fingerprint density at radius 1 is 1.18 bits per heavy atom. The lowest BCUT2D eigenvalue weighted by atomic mass is 10.1. The molecular formula is C14H14ClN3O4. The predicted molar refractivity (Wildman–Crippen MR) is 78.0 cm³/mol. The average Bonchev–Trinajstić information content (AvgIpc) is 2.98. The summed E-state index contributed by atoms with van der Waals surface area (Å²) < 4.78 is 10.6. The largest absolute Gasteiger partial charge is 0.464 e. The molecule has 2 aromatic rings. The summed E-state index contributed by atoms with van der Waals surface area (Å²) in [6.07, 6.45) is 0. The quantitative estimate of drug-likeness (QED) is 0.801. The van der Waals surface area contributed by atoms with Crippen molar-refractivity contribution >= 4 is 23.5 Å². The van der Waals surface area contributed by atoms with Gasteiger partial charge < -0.3 is 9.47 Å². The highest BCUT2D eigenvalue weighted by Crippen LogP contribution is 2.26. The molecule has 0 saturated carbocycles. The SMILES string of the molecule is COC(=O)c1nnn([C@H](C)c2ccccc2Cl)c1C(=O)OC. The van der Waals surface area contributed by atoms with Gasteiger partial charge >= 0.3 is 11.9 Å². The van der Waals surface area contributed by atoms with Crippen LogP contribution in [0.15, 0.2) is 24.3 Å². The first-order valence-corrected chi connectivity index (χ1v) is 6.75. The van der Waals surface area contributed by atoms with Gasteiger partial charge in [-0.3, -0.25) is 0 Å². The number of carbonyl (C=O) groups is 2. The van der Waals surface area contributed by atoms with E-state index in [1.807, 2.05) is 6.07 Å². The highest BCUT2D eigenvalue weighted by Gasteiger charge is 2.29. The van der Waals surface area contributed by atoms with E-state index in [2.05, 4.69) is 15.0 Å². The zero-order valence-corrected chi connectivity index (χ0v) is 13.0. The molecule has 1 aromatic heterocycles. The number of rotatable bonds is 4. The number of methoxy groups -OCH3 is 2. The molecule has 7 nitrogen and oxygen atoms in total. The number of hydrogen-bond acceptors (Lipinski definition) is 6. The second-order valence-corrected chi connectivity index (χ2v) is 4.82. The Hall–Kier alpha value is -2.41.